The van der Waals surface area contributed by atoms with Gasteiger partial charge in [0.25, 0.3) is 5.56 Å². The molecule has 1 aliphatic carbocycles. The third-order valence-corrected chi connectivity index (χ3v) is 9.28. The number of nitrogens with zero attached hydrogens (tertiary/aromatic N) is 5. The van der Waals surface area contributed by atoms with Crippen molar-refractivity contribution in [2.24, 2.45) is 0 Å². The Kier molecular flexibility index (Phi) is 8.23. The number of amides is 1. The van der Waals surface area contributed by atoms with Crippen LogP contribution in [0.25, 0.3) is 27.9 Å². The van der Waals surface area contributed by atoms with Crippen LogP contribution in [-0.4, -0.2) is 52.0 Å². The maximum atomic E-state index is 15.7. The van der Waals surface area contributed by atoms with Gasteiger partial charge in [0.15, 0.2) is 0 Å². The number of aromatic nitrogens is 3. The van der Waals surface area contributed by atoms with E-state index in [0.717, 1.165) is 54.5 Å². The van der Waals surface area contributed by atoms with Crippen molar-refractivity contribution >= 4 is 24.5 Å². The van der Waals surface area contributed by atoms with E-state index in [2.05, 4.69) is 46.0 Å². The molecule has 2 aliphatic rings. The van der Waals surface area contributed by atoms with Crippen molar-refractivity contribution in [3.05, 3.63) is 112 Å². The second-order valence-electron chi connectivity index (χ2n) is 12.6. The van der Waals surface area contributed by atoms with Gasteiger partial charge in [0.1, 0.15) is 17.6 Å². The van der Waals surface area contributed by atoms with Crippen LogP contribution in [0.3, 0.4) is 0 Å². The predicted molar refractivity (Wildman–Crippen MR) is 181 cm³/mol. The van der Waals surface area contributed by atoms with E-state index in [1.54, 1.807) is 12.3 Å². The van der Waals surface area contributed by atoms with Crippen LogP contribution in [0.2, 0.25) is 0 Å². The van der Waals surface area contributed by atoms with Gasteiger partial charge in [0, 0.05) is 0 Å². The molecule has 3 aromatic heterocycles. The van der Waals surface area contributed by atoms with Crippen molar-refractivity contribution in [3.8, 4) is 34.0 Å². The van der Waals surface area contributed by atoms with Gasteiger partial charge in [-0.1, -0.05) is 0 Å². The van der Waals surface area contributed by atoms with Gasteiger partial charge >= 0.3 is 174 Å². The SMILES string of the molecule is CN1CCC(n2bcc(-c3cnc(N)c(-c4ccc(NC(=O)c5cc(C6CC6)c(C#N)n(-c6ccc(F)cc6)c5=O)cc4F)c3)c2)CC1. The van der Waals surface area contributed by atoms with Crippen molar-refractivity contribution in [1.82, 2.24) is 18.9 Å². The number of benzene rings is 2. The molecular weight excluding hydrogens is 611 g/mol. The first-order chi connectivity index (χ1) is 23.2. The van der Waals surface area contributed by atoms with Crippen LogP contribution in [0.4, 0.5) is 20.3 Å². The second-order valence-corrected chi connectivity index (χ2v) is 12.6. The Morgan fingerprint density at radius 3 is 2.46 bits per heavy atom. The number of nitriles is 1. The van der Waals surface area contributed by atoms with Crippen LogP contribution in [0, 0.1) is 23.0 Å². The fraction of sp³-hybridized carbons (Fsp3) is 0.250. The average molecular weight is 644 g/mol. The normalized spacial score (nSPS) is 15.2. The van der Waals surface area contributed by atoms with Crippen molar-refractivity contribution in [2.75, 3.05) is 31.2 Å². The summed E-state index contributed by atoms with van der Waals surface area (Å²) < 4.78 is 32.7. The van der Waals surface area contributed by atoms with Crippen LogP contribution in [0.15, 0.2) is 77.7 Å². The first-order valence-corrected chi connectivity index (χ1v) is 15.9. The molecule has 1 aliphatic heterocycles. The molecule has 12 heteroatoms. The number of nitrogens with one attached hydrogen (secondary N) is 1. The number of rotatable bonds is 7. The van der Waals surface area contributed by atoms with Crippen molar-refractivity contribution in [2.45, 2.75) is 37.6 Å². The molecular formula is C36H32BF2N7O2. The summed E-state index contributed by atoms with van der Waals surface area (Å²) in [6.07, 6.45) is 7.53. The molecule has 2 aromatic carbocycles. The van der Waals surface area contributed by atoms with Gasteiger partial charge in [-0.15, -0.1) is 0 Å². The Morgan fingerprint density at radius 1 is 1.02 bits per heavy atom. The summed E-state index contributed by atoms with van der Waals surface area (Å²) in [6, 6.07) is 15.1. The Bertz CT molecular complexity index is 2140. The second kappa shape index (κ2) is 12.7. The van der Waals surface area contributed by atoms with Gasteiger partial charge in [0.2, 0.25) is 0 Å². The molecule has 9 nitrogen and oxygen atoms in total. The number of nitrogens with two attached hydrogens (primary N) is 1. The Hall–Kier alpha value is -5.41. The molecule has 0 unspecified atom stereocenters. The first kappa shape index (κ1) is 31.2. The summed E-state index contributed by atoms with van der Waals surface area (Å²) in [4.78, 5) is 33.8. The van der Waals surface area contributed by atoms with Crippen LogP contribution < -0.4 is 16.6 Å². The number of carbonyl (C=O) groups is 1. The molecule has 48 heavy (non-hydrogen) atoms. The van der Waals surface area contributed by atoms with Crippen LogP contribution in [-0.2, 0) is 0 Å². The third kappa shape index (κ3) is 6.05. The van der Waals surface area contributed by atoms with Crippen LogP contribution in [0.1, 0.15) is 59.3 Å². The van der Waals surface area contributed by atoms with Crippen LogP contribution in [0.5, 0.6) is 0 Å². The van der Waals surface area contributed by atoms with E-state index < -0.39 is 23.1 Å². The number of anilines is 2. The van der Waals surface area contributed by atoms with E-state index in [4.69, 9.17) is 5.73 Å². The number of piperidine rings is 1. The first-order valence-electron chi connectivity index (χ1n) is 15.9. The maximum absolute atomic E-state index is 15.7. The summed E-state index contributed by atoms with van der Waals surface area (Å²) in [5.41, 5.74) is 8.70. The predicted octanol–water partition coefficient (Wildman–Crippen LogP) is 5.83. The molecule has 1 saturated heterocycles. The molecule has 1 amide bonds. The number of pyridine rings is 2. The summed E-state index contributed by atoms with van der Waals surface area (Å²) in [5.74, 6) is 0.315. The zero-order valence-electron chi connectivity index (χ0n) is 26.3. The molecule has 1 saturated carbocycles. The summed E-state index contributed by atoms with van der Waals surface area (Å²) in [6.45, 7) is 2.09. The molecule has 240 valence electrons. The number of likely N-dealkylation sites (tertiary alicyclic amines) is 1. The summed E-state index contributed by atoms with van der Waals surface area (Å²) >= 11 is 0. The molecule has 4 heterocycles. The zero-order valence-corrected chi connectivity index (χ0v) is 26.3. The van der Waals surface area contributed by atoms with E-state index in [1.807, 2.05) is 5.96 Å². The Balaban J connectivity index is 1.16. The van der Waals surface area contributed by atoms with Gasteiger partial charge < -0.3 is 0 Å². The van der Waals surface area contributed by atoms with Gasteiger partial charge in [-0.05, 0) is 54.7 Å². The standard InChI is InChI=1S/C36H32BF2N7O2/c1-44-12-10-26(11-13-44)45-20-23(17-37-45)22-14-30(34(41)42-19-22)28-9-6-25(15-32(28)39)43-35(47)31-16-29(21-2-3-21)33(18-40)46(36(31)48)27-7-4-24(38)5-8-27/h4-9,14-17,19-21,26H,2-3,10-13H2,1H3,(H2,41,42)(H,43,47). The summed E-state index contributed by atoms with van der Waals surface area (Å²) in [7, 11) is 4.20. The van der Waals surface area contributed by atoms with Gasteiger partial charge in [-0.2, -0.15) is 5.26 Å². The zero-order chi connectivity index (χ0) is 33.5. The fourth-order valence-electron chi connectivity index (χ4n) is 6.42. The van der Waals surface area contributed by atoms with E-state index in [9.17, 15) is 19.2 Å². The number of hydrogen-bond acceptors (Lipinski definition) is 6. The molecule has 0 atom stereocenters. The van der Waals surface area contributed by atoms with Gasteiger partial charge in [-0.25, -0.2) is 4.39 Å². The molecule has 0 bridgehead atoms. The quantitative estimate of drug-likeness (QED) is 0.230. The number of carbonyl (C=O) groups excluding carboxylic acids is 1. The van der Waals surface area contributed by atoms with Crippen LogP contribution >= 0.6 is 0 Å². The minimum atomic E-state index is -0.758. The minimum absolute atomic E-state index is 0.0258. The van der Waals surface area contributed by atoms with E-state index >= 15 is 4.39 Å². The molecule has 0 radical (unpaired) electrons. The van der Waals surface area contributed by atoms with E-state index in [-0.39, 0.29) is 39.9 Å². The number of nitrogen functional groups attached to an aromatic ring is 1. The monoisotopic (exact) mass is 643 g/mol. The molecule has 0 spiro atoms. The fourth-order valence-corrected chi connectivity index (χ4v) is 6.42. The van der Waals surface area contributed by atoms with E-state index in [1.165, 1.54) is 48.5 Å². The third-order valence-electron chi connectivity index (χ3n) is 9.28. The van der Waals surface area contributed by atoms with Gasteiger partial charge in [-0.3, -0.25) is 9.36 Å². The molecule has 2 fully saturated rings. The topological polar surface area (TPSA) is 122 Å². The molecule has 5 aromatic rings. The van der Waals surface area contributed by atoms with Gasteiger partial charge in [0.05, 0.1) is 5.69 Å². The Morgan fingerprint density at radius 2 is 1.77 bits per heavy atom. The van der Waals surface area contributed by atoms with E-state index in [0.29, 0.717) is 17.2 Å². The van der Waals surface area contributed by atoms with Crippen molar-refractivity contribution < 1.29 is 13.6 Å². The number of hydrogen-bond donors (Lipinski definition) is 2. The van der Waals surface area contributed by atoms with Crippen molar-refractivity contribution in [1.29, 1.82) is 5.26 Å². The summed E-state index contributed by atoms with van der Waals surface area (Å²) in [5, 5.41) is 12.6. The number of halogens is 2. The average Bonchev–Trinajstić information content (AvgIpc) is 3.81. The Labute approximate surface area is 276 Å². The molecule has 3 N–H and O–H groups in total. The van der Waals surface area contributed by atoms with Crippen molar-refractivity contribution in [3.63, 3.8) is 0 Å². The molecule has 7 rings (SSSR count).